The zero-order chi connectivity index (χ0) is 27.6. The molecule has 1 aliphatic rings. The maximum absolute atomic E-state index is 13.6. The molecule has 0 atom stereocenters. The monoisotopic (exact) mass is 506 g/mol. The summed E-state index contributed by atoms with van der Waals surface area (Å²) >= 11 is 0. The third kappa shape index (κ3) is 3.48. The van der Waals surface area contributed by atoms with Gasteiger partial charge >= 0.3 is 0 Å². The first-order chi connectivity index (χ1) is 17.9. The van der Waals surface area contributed by atoms with Gasteiger partial charge in [-0.15, -0.1) is 13.2 Å². The van der Waals surface area contributed by atoms with Crippen LogP contribution in [0.3, 0.4) is 0 Å². The average Bonchev–Trinajstić information content (AvgIpc) is 3.50. The lowest BCUT2D eigenvalue weighted by Gasteiger charge is -2.24. The van der Waals surface area contributed by atoms with Crippen LogP contribution in [0, 0.1) is 0 Å². The van der Waals surface area contributed by atoms with Crippen LogP contribution in [0.25, 0.3) is 33.0 Å². The number of Topliss-reactive ketones (excluding diaryl/α,β-unsaturated/α-hetero) is 2. The van der Waals surface area contributed by atoms with E-state index < -0.39 is 28.6 Å². The van der Waals surface area contributed by atoms with E-state index in [4.69, 9.17) is 0 Å². The molecular weight excluding hydrogens is 476 g/mol. The van der Waals surface area contributed by atoms with Gasteiger partial charge in [0.2, 0.25) is 11.6 Å². The highest BCUT2D eigenvalue weighted by molar-refractivity contribution is 6.48. The lowest BCUT2D eigenvalue weighted by molar-refractivity contribution is -0.116. The van der Waals surface area contributed by atoms with Gasteiger partial charge in [0.1, 0.15) is 0 Å². The molecule has 5 rings (SSSR count). The minimum atomic E-state index is -0.814. The molecule has 38 heavy (non-hydrogen) atoms. The Morgan fingerprint density at radius 1 is 0.816 bits per heavy atom. The molecule has 0 saturated carbocycles. The molecule has 0 bridgehead atoms. The zero-order valence-corrected chi connectivity index (χ0v) is 21.9. The molecule has 192 valence electrons. The number of aliphatic hydroxyl groups excluding tert-OH is 2. The van der Waals surface area contributed by atoms with Crippen molar-refractivity contribution in [3.8, 4) is 0 Å². The number of aromatic amines is 1. The Balaban J connectivity index is 1.70. The number of hydrogen-bond donors (Lipinski definition) is 3. The molecule has 4 aromatic rings. The average molecular weight is 507 g/mol. The molecule has 2 aromatic carbocycles. The number of aliphatic hydroxyl groups is 2. The Morgan fingerprint density at radius 3 is 2.05 bits per heavy atom. The predicted molar refractivity (Wildman–Crippen MR) is 152 cm³/mol. The molecule has 0 aliphatic heterocycles. The number of para-hydroxylation sites is 2. The van der Waals surface area contributed by atoms with E-state index in [0.29, 0.717) is 21.9 Å². The first-order valence-corrected chi connectivity index (χ1v) is 12.4. The van der Waals surface area contributed by atoms with E-state index >= 15 is 0 Å². The number of fused-ring (bicyclic) bond motifs is 2. The number of benzene rings is 2. The van der Waals surface area contributed by atoms with Crippen LogP contribution in [0.2, 0.25) is 0 Å². The molecule has 0 amide bonds. The summed E-state index contributed by atoms with van der Waals surface area (Å²) in [5.74, 6) is -3.02. The molecule has 2 aromatic heterocycles. The van der Waals surface area contributed by atoms with Gasteiger partial charge in [-0.2, -0.15) is 0 Å². The highest BCUT2D eigenvalue weighted by Crippen LogP contribution is 2.41. The summed E-state index contributed by atoms with van der Waals surface area (Å²) in [5.41, 5.74) is 1.89. The highest BCUT2D eigenvalue weighted by atomic mass is 16.3. The van der Waals surface area contributed by atoms with Crippen LogP contribution >= 0.6 is 0 Å². The van der Waals surface area contributed by atoms with Gasteiger partial charge in [-0.05, 0) is 25.5 Å². The fraction of sp³-hybridized carbons (Fsp3) is 0.188. The Labute approximate surface area is 220 Å². The minimum absolute atomic E-state index is 0.223. The summed E-state index contributed by atoms with van der Waals surface area (Å²) in [7, 11) is 0. The van der Waals surface area contributed by atoms with Gasteiger partial charge < -0.3 is 19.8 Å². The molecule has 6 heteroatoms. The minimum Gasteiger partial charge on any atom is -0.504 e. The van der Waals surface area contributed by atoms with Crippen molar-refractivity contribution in [2.75, 3.05) is 0 Å². The number of nitrogens with one attached hydrogen (secondary N) is 1. The van der Waals surface area contributed by atoms with Crippen LogP contribution in [0.4, 0.5) is 0 Å². The zero-order valence-electron chi connectivity index (χ0n) is 21.9. The van der Waals surface area contributed by atoms with E-state index in [2.05, 4.69) is 18.1 Å². The lowest BCUT2D eigenvalue weighted by Crippen LogP contribution is -2.23. The number of carbonyl (C=O) groups is 2. The van der Waals surface area contributed by atoms with Gasteiger partial charge in [0.05, 0.1) is 22.2 Å². The molecule has 1 aliphatic carbocycles. The van der Waals surface area contributed by atoms with Crippen LogP contribution in [0.15, 0.2) is 91.7 Å². The summed E-state index contributed by atoms with van der Waals surface area (Å²) in [6.07, 6.45) is 6.91. The standard InChI is InChI=1S/C32H30N2O4/c1-7-31(3,4)22-14-11-13-19-20(16-33-26(19)22)24-27(35)29(37)25(30(38)28(24)36)21-17-34(32(5,6)8-2)23-15-10-9-12-18(21)23/h7-17,33,35,38H,1-2H2,3-6H3. The summed E-state index contributed by atoms with van der Waals surface area (Å²) in [5, 5.41) is 23.7. The fourth-order valence-electron chi connectivity index (χ4n) is 5.14. The van der Waals surface area contributed by atoms with Crippen molar-refractivity contribution in [3.63, 3.8) is 0 Å². The van der Waals surface area contributed by atoms with Gasteiger partial charge in [0.25, 0.3) is 0 Å². The molecule has 0 spiro atoms. The number of aromatic nitrogens is 2. The fourth-order valence-corrected chi connectivity index (χ4v) is 5.14. The third-order valence-corrected chi connectivity index (χ3v) is 7.65. The lowest BCUT2D eigenvalue weighted by atomic mass is 9.82. The second kappa shape index (κ2) is 8.48. The van der Waals surface area contributed by atoms with Crippen molar-refractivity contribution < 1.29 is 19.8 Å². The largest absolute Gasteiger partial charge is 0.504 e. The van der Waals surface area contributed by atoms with Crippen molar-refractivity contribution in [2.45, 2.75) is 38.6 Å². The summed E-state index contributed by atoms with van der Waals surface area (Å²) in [6.45, 7) is 15.8. The van der Waals surface area contributed by atoms with Crippen LogP contribution < -0.4 is 0 Å². The number of allylic oxidation sites excluding steroid dienone is 4. The van der Waals surface area contributed by atoms with Crippen molar-refractivity contribution in [1.29, 1.82) is 0 Å². The molecule has 6 nitrogen and oxygen atoms in total. The Bertz CT molecular complexity index is 1750. The van der Waals surface area contributed by atoms with Gasteiger partial charge in [0, 0.05) is 45.2 Å². The Morgan fingerprint density at radius 2 is 1.42 bits per heavy atom. The quantitative estimate of drug-likeness (QED) is 0.196. The van der Waals surface area contributed by atoms with Crippen LogP contribution in [-0.4, -0.2) is 31.3 Å². The maximum atomic E-state index is 13.6. The van der Waals surface area contributed by atoms with Gasteiger partial charge in [-0.1, -0.05) is 62.4 Å². The first-order valence-electron chi connectivity index (χ1n) is 12.4. The van der Waals surface area contributed by atoms with E-state index in [9.17, 15) is 19.8 Å². The molecule has 2 heterocycles. The van der Waals surface area contributed by atoms with E-state index in [1.54, 1.807) is 18.5 Å². The number of nitrogens with zero attached hydrogens (tertiary/aromatic N) is 1. The second-order valence-corrected chi connectivity index (χ2v) is 10.7. The third-order valence-electron chi connectivity index (χ3n) is 7.65. The predicted octanol–water partition coefficient (Wildman–Crippen LogP) is 6.90. The van der Waals surface area contributed by atoms with Crippen molar-refractivity contribution >= 4 is 44.5 Å². The molecular formula is C32H30N2O4. The van der Waals surface area contributed by atoms with E-state index in [0.717, 1.165) is 16.6 Å². The summed E-state index contributed by atoms with van der Waals surface area (Å²) in [6, 6.07) is 13.0. The van der Waals surface area contributed by atoms with Crippen LogP contribution in [0.1, 0.15) is 44.4 Å². The van der Waals surface area contributed by atoms with E-state index in [1.807, 2.05) is 80.8 Å². The normalized spacial score (nSPS) is 15.2. The summed E-state index contributed by atoms with van der Waals surface area (Å²) in [4.78, 5) is 30.4. The number of hydrogen-bond acceptors (Lipinski definition) is 4. The van der Waals surface area contributed by atoms with Crippen LogP contribution in [0.5, 0.6) is 0 Å². The second-order valence-electron chi connectivity index (χ2n) is 10.7. The van der Waals surface area contributed by atoms with Crippen LogP contribution in [-0.2, 0) is 20.5 Å². The molecule has 0 fully saturated rings. The SMILES string of the molecule is C=CC(C)(C)c1cccc2c(C3=C(O)C(=O)C(c4cn(C(C)(C)C=C)c5ccccc45)=C(O)C3=O)c[nH]c12. The number of rotatable bonds is 6. The van der Waals surface area contributed by atoms with Crippen molar-refractivity contribution in [1.82, 2.24) is 9.55 Å². The Kier molecular flexibility index (Phi) is 5.60. The molecule has 0 saturated heterocycles. The highest BCUT2D eigenvalue weighted by Gasteiger charge is 2.39. The number of H-pyrrole nitrogens is 1. The first kappa shape index (κ1) is 25.1. The maximum Gasteiger partial charge on any atom is 0.232 e. The van der Waals surface area contributed by atoms with Gasteiger partial charge in [-0.25, -0.2) is 0 Å². The number of ketones is 2. The molecule has 0 radical (unpaired) electrons. The molecule has 3 N–H and O–H groups in total. The van der Waals surface area contributed by atoms with Gasteiger partial charge in [0.15, 0.2) is 11.5 Å². The topological polar surface area (TPSA) is 95.3 Å². The number of carbonyl (C=O) groups excluding carboxylic acids is 2. The molecule has 0 unspecified atom stereocenters. The van der Waals surface area contributed by atoms with Crippen molar-refractivity contribution in [3.05, 3.63) is 108 Å². The van der Waals surface area contributed by atoms with E-state index in [-0.39, 0.29) is 16.6 Å². The summed E-state index contributed by atoms with van der Waals surface area (Å²) < 4.78 is 1.93. The Hall–Kier alpha value is -4.58. The van der Waals surface area contributed by atoms with E-state index in [1.165, 1.54) is 0 Å². The van der Waals surface area contributed by atoms with Crippen molar-refractivity contribution in [2.24, 2.45) is 0 Å². The van der Waals surface area contributed by atoms with Gasteiger partial charge in [-0.3, -0.25) is 9.59 Å². The smallest absolute Gasteiger partial charge is 0.232 e.